The van der Waals surface area contributed by atoms with Crippen LogP contribution in [0.4, 0.5) is 5.69 Å². The van der Waals surface area contributed by atoms with Crippen molar-refractivity contribution >= 4 is 35.1 Å². The number of aromatic nitrogens is 3. The van der Waals surface area contributed by atoms with Gasteiger partial charge in [-0.05, 0) is 57.9 Å². The molecule has 0 saturated heterocycles. The van der Waals surface area contributed by atoms with E-state index in [-0.39, 0.29) is 11.2 Å². The number of hydrogen-bond acceptors (Lipinski definition) is 5. The average molecular weight is 455 g/mol. The lowest BCUT2D eigenvalue weighted by molar-refractivity contribution is -0.115. The van der Waals surface area contributed by atoms with E-state index in [2.05, 4.69) is 71.2 Å². The summed E-state index contributed by atoms with van der Waals surface area (Å²) in [6, 6.07) is 14.6. The van der Waals surface area contributed by atoms with Crippen LogP contribution < -0.4 is 5.32 Å². The molecular formula is C24H30N4OS2. The first-order valence-corrected chi connectivity index (χ1v) is 12.4. The first kappa shape index (κ1) is 23.4. The van der Waals surface area contributed by atoms with Crippen molar-refractivity contribution in [3.63, 3.8) is 0 Å². The molecule has 1 atom stereocenters. The predicted molar refractivity (Wildman–Crippen MR) is 131 cm³/mol. The second-order valence-electron chi connectivity index (χ2n) is 7.57. The van der Waals surface area contributed by atoms with Gasteiger partial charge in [-0.25, -0.2) is 0 Å². The molecule has 7 heteroatoms. The van der Waals surface area contributed by atoms with E-state index >= 15 is 0 Å². The first-order valence-electron chi connectivity index (χ1n) is 10.6. The number of rotatable bonds is 9. The summed E-state index contributed by atoms with van der Waals surface area (Å²) in [6.07, 6.45) is 0.714. The molecule has 1 unspecified atom stereocenters. The second kappa shape index (κ2) is 10.9. The van der Waals surface area contributed by atoms with Crippen LogP contribution in [0.25, 0.3) is 0 Å². The van der Waals surface area contributed by atoms with E-state index in [0.717, 1.165) is 34.5 Å². The maximum Gasteiger partial charge on any atom is 0.237 e. The predicted octanol–water partition coefficient (Wildman–Crippen LogP) is 6.02. The molecule has 0 fully saturated rings. The Labute approximate surface area is 193 Å². The van der Waals surface area contributed by atoms with Crippen molar-refractivity contribution in [2.75, 3.05) is 5.32 Å². The molecule has 0 aliphatic rings. The number of benzene rings is 2. The van der Waals surface area contributed by atoms with Crippen LogP contribution in [0.5, 0.6) is 0 Å². The lowest BCUT2D eigenvalue weighted by atomic mass is 10.1. The summed E-state index contributed by atoms with van der Waals surface area (Å²) in [4.78, 5) is 14.1. The van der Waals surface area contributed by atoms with Gasteiger partial charge < -0.3 is 9.88 Å². The lowest BCUT2D eigenvalue weighted by Gasteiger charge is -2.16. The quantitative estimate of drug-likeness (QED) is 0.400. The van der Waals surface area contributed by atoms with Gasteiger partial charge in [-0.3, -0.25) is 4.79 Å². The third kappa shape index (κ3) is 6.14. The van der Waals surface area contributed by atoms with Gasteiger partial charge in [-0.2, -0.15) is 0 Å². The highest BCUT2D eigenvalue weighted by Gasteiger charge is 2.22. The highest BCUT2D eigenvalue weighted by Crippen LogP contribution is 2.29. The third-order valence-corrected chi connectivity index (χ3v) is 7.40. The van der Waals surface area contributed by atoms with Gasteiger partial charge in [0.15, 0.2) is 5.16 Å². The van der Waals surface area contributed by atoms with Gasteiger partial charge in [0.1, 0.15) is 5.82 Å². The number of nitrogens with zero attached hydrogens (tertiary/aromatic N) is 3. The Morgan fingerprint density at radius 1 is 1.03 bits per heavy atom. The first-order chi connectivity index (χ1) is 14.9. The molecule has 5 nitrogen and oxygen atoms in total. The van der Waals surface area contributed by atoms with Crippen LogP contribution in [0, 0.1) is 20.8 Å². The fourth-order valence-electron chi connectivity index (χ4n) is 3.23. The zero-order valence-corrected chi connectivity index (χ0v) is 20.4. The average Bonchev–Trinajstić information content (AvgIpc) is 3.15. The third-order valence-electron chi connectivity index (χ3n) is 5.05. The summed E-state index contributed by atoms with van der Waals surface area (Å²) in [5.41, 5.74) is 4.37. The van der Waals surface area contributed by atoms with E-state index in [0.29, 0.717) is 6.42 Å². The molecule has 2 aromatic carbocycles. The molecule has 3 aromatic rings. The van der Waals surface area contributed by atoms with Gasteiger partial charge in [0.2, 0.25) is 5.91 Å². The van der Waals surface area contributed by atoms with Crippen molar-refractivity contribution in [3.05, 3.63) is 65.0 Å². The SMILES string of the molecule is CCC(Sc1nnc(CSc2ccc(C)cc2)n1CC)C(=O)Nc1ccc(C)cc1C. The summed E-state index contributed by atoms with van der Waals surface area (Å²) in [6.45, 7) is 11.0. The van der Waals surface area contributed by atoms with Gasteiger partial charge >= 0.3 is 0 Å². The molecular weight excluding hydrogens is 424 g/mol. The van der Waals surface area contributed by atoms with Gasteiger partial charge in [0, 0.05) is 17.1 Å². The second-order valence-corrected chi connectivity index (χ2v) is 9.79. The number of thioether (sulfide) groups is 2. The van der Waals surface area contributed by atoms with Crippen LogP contribution in [0.1, 0.15) is 42.8 Å². The fraction of sp³-hybridized carbons (Fsp3) is 0.375. The van der Waals surface area contributed by atoms with Gasteiger partial charge in [-0.1, -0.05) is 54.1 Å². The number of carbonyl (C=O) groups excluding carboxylic acids is 1. The minimum absolute atomic E-state index is 0.000636. The monoisotopic (exact) mass is 454 g/mol. The van der Waals surface area contributed by atoms with E-state index in [1.54, 1.807) is 11.8 Å². The summed E-state index contributed by atoms with van der Waals surface area (Å²) in [5.74, 6) is 1.68. The maximum absolute atomic E-state index is 12.9. The van der Waals surface area contributed by atoms with Crippen molar-refractivity contribution in [1.29, 1.82) is 0 Å². The van der Waals surface area contributed by atoms with Crippen molar-refractivity contribution in [2.45, 2.75) is 68.6 Å². The highest BCUT2D eigenvalue weighted by molar-refractivity contribution is 8.00. The van der Waals surface area contributed by atoms with Crippen molar-refractivity contribution < 1.29 is 4.79 Å². The summed E-state index contributed by atoms with van der Waals surface area (Å²) < 4.78 is 2.11. The Bertz CT molecular complexity index is 1030. The zero-order chi connectivity index (χ0) is 22.4. The van der Waals surface area contributed by atoms with Crippen LogP contribution in [0.3, 0.4) is 0 Å². The van der Waals surface area contributed by atoms with E-state index in [1.165, 1.54) is 27.8 Å². The largest absolute Gasteiger partial charge is 0.325 e. The molecule has 164 valence electrons. The van der Waals surface area contributed by atoms with Crippen LogP contribution in [0.15, 0.2) is 52.5 Å². The molecule has 0 aliphatic heterocycles. The van der Waals surface area contributed by atoms with E-state index in [9.17, 15) is 4.79 Å². The molecule has 0 saturated carbocycles. The molecule has 3 rings (SSSR count). The number of anilines is 1. The summed E-state index contributed by atoms with van der Waals surface area (Å²) >= 11 is 3.24. The lowest BCUT2D eigenvalue weighted by Crippen LogP contribution is -2.25. The normalized spacial score (nSPS) is 12.0. The number of hydrogen-bond donors (Lipinski definition) is 1. The van der Waals surface area contributed by atoms with Gasteiger partial charge in [0.05, 0.1) is 11.0 Å². The Kier molecular flexibility index (Phi) is 8.21. The summed E-state index contributed by atoms with van der Waals surface area (Å²) in [7, 11) is 0. The standard InChI is InChI=1S/C24H30N4OS2/c1-6-21(23(29)25-20-13-10-17(4)14-18(20)5)31-24-27-26-22(28(24)7-2)15-30-19-11-8-16(3)9-12-19/h8-14,21H,6-7,15H2,1-5H3,(H,25,29). The minimum atomic E-state index is -0.229. The van der Waals surface area contributed by atoms with Gasteiger partial charge in [0.25, 0.3) is 0 Å². The Hall–Kier alpha value is -2.25. The van der Waals surface area contributed by atoms with Crippen molar-refractivity contribution in [2.24, 2.45) is 0 Å². The van der Waals surface area contributed by atoms with Crippen LogP contribution in [0.2, 0.25) is 0 Å². The van der Waals surface area contributed by atoms with E-state index < -0.39 is 0 Å². The smallest absolute Gasteiger partial charge is 0.237 e. The minimum Gasteiger partial charge on any atom is -0.325 e. The van der Waals surface area contributed by atoms with Crippen LogP contribution in [-0.4, -0.2) is 25.9 Å². The van der Waals surface area contributed by atoms with Gasteiger partial charge in [-0.15, -0.1) is 22.0 Å². The molecule has 1 aromatic heterocycles. The maximum atomic E-state index is 12.9. The molecule has 1 heterocycles. The number of nitrogens with one attached hydrogen (secondary N) is 1. The number of carbonyl (C=O) groups is 1. The zero-order valence-electron chi connectivity index (χ0n) is 18.8. The number of amides is 1. The molecule has 0 bridgehead atoms. The van der Waals surface area contributed by atoms with E-state index in [1.807, 2.05) is 26.0 Å². The topological polar surface area (TPSA) is 59.8 Å². The molecule has 31 heavy (non-hydrogen) atoms. The summed E-state index contributed by atoms with van der Waals surface area (Å²) in [5, 5.41) is 12.5. The highest BCUT2D eigenvalue weighted by atomic mass is 32.2. The van der Waals surface area contributed by atoms with Crippen molar-refractivity contribution in [1.82, 2.24) is 14.8 Å². The molecule has 1 N–H and O–H groups in total. The molecule has 0 radical (unpaired) electrons. The molecule has 0 aliphatic carbocycles. The molecule has 1 amide bonds. The molecule has 0 spiro atoms. The number of aryl methyl sites for hydroxylation is 3. The Morgan fingerprint density at radius 2 is 1.74 bits per heavy atom. The Balaban J connectivity index is 1.68. The Morgan fingerprint density at radius 3 is 2.39 bits per heavy atom. The van der Waals surface area contributed by atoms with Crippen LogP contribution >= 0.6 is 23.5 Å². The van der Waals surface area contributed by atoms with Crippen molar-refractivity contribution in [3.8, 4) is 0 Å². The fourth-order valence-corrected chi connectivity index (χ4v) is 5.10. The van der Waals surface area contributed by atoms with E-state index in [4.69, 9.17) is 0 Å². The van der Waals surface area contributed by atoms with Crippen LogP contribution in [-0.2, 0) is 17.1 Å².